The van der Waals surface area contributed by atoms with Crippen LogP contribution in [0.5, 0.6) is 11.5 Å². The highest BCUT2D eigenvalue weighted by atomic mass is 16.5. The summed E-state index contributed by atoms with van der Waals surface area (Å²) in [7, 11) is 3.25. The van der Waals surface area contributed by atoms with Gasteiger partial charge in [0, 0.05) is 19.7 Å². The predicted octanol–water partition coefficient (Wildman–Crippen LogP) is 2.23. The van der Waals surface area contributed by atoms with Crippen LogP contribution in [0.25, 0.3) is 6.08 Å². The largest absolute Gasteiger partial charge is 0.493 e. The fraction of sp³-hybridized carbons (Fsp3) is 0.200. The molecule has 0 spiro atoms. The number of hydrogen-bond acceptors (Lipinski definition) is 4. The average molecular weight is 354 g/mol. The standard InChI is InChI=1S/C20H22N2O4/c1-22(13-16-6-4-3-5-7-16)20(24)11-9-15-8-10-17(18(12-15)25-2)26-14-19(21)23/h3-12H,13-14H2,1-2H3,(H2,21,23)/b11-9+. The lowest BCUT2D eigenvalue weighted by atomic mass is 10.1. The van der Waals surface area contributed by atoms with E-state index in [0.29, 0.717) is 18.0 Å². The van der Waals surface area contributed by atoms with E-state index < -0.39 is 5.91 Å². The summed E-state index contributed by atoms with van der Waals surface area (Å²) in [6, 6.07) is 14.9. The van der Waals surface area contributed by atoms with Crippen LogP contribution in [0.15, 0.2) is 54.6 Å². The first kappa shape index (κ1) is 19.1. The molecule has 136 valence electrons. The van der Waals surface area contributed by atoms with Gasteiger partial charge in [0.25, 0.3) is 5.91 Å². The minimum absolute atomic E-state index is 0.109. The summed E-state index contributed by atoms with van der Waals surface area (Å²) in [6.45, 7) is 0.307. The van der Waals surface area contributed by atoms with Crippen molar-refractivity contribution in [2.45, 2.75) is 6.54 Å². The molecular weight excluding hydrogens is 332 g/mol. The Morgan fingerprint density at radius 3 is 2.50 bits per heavy atom. The van der Waals surface area contributed by atoms with Crippen molar-refractivity contribution in [3.05, 3.63) is 65.7 Å². The van der Waals surface area contributed by atoms with Crippen molar-refractivity contribution >= 4 is 17.9 Å². The van der Waals surface area contributed by atoms with Crippen molar-refractivity contribution < 1.29 is 19.1 Å². The Morgan fingerprint density at radius 2 is 1.85 bits per heavy atom. The number of ether oxygens (including phenoxy) is 2. The van der Waals surface area contributed by atoms with Crippen LogP contribution in [0.4, 0.5) is 0 Å². The molecule has 0 bridgehead atoms. The first-order valence-electron chi connectivity index (χ1n) is 8.06. The molecule has 0 unspecified atom stereocenters. The molecule has 0 heterocycles. The maximum atomic E-state index is 12.3. The van der Waals surface area contributed by atoms with E-state index in [0.717, 1.165) is 11.1 Å². The molecule has 2 amide bonds. The third kappa shape index (κ3) is 5.66. The second-order valence-corrected chi connectivity index (χ2v) is 5.68. The molecule has 2 aromatic rings. The quantitative estimate of drug-likeness (QED) is 0.737. The van der Waals surface area contributed by atoms with Gasteiger partial charge in [-0.2, -0.15) is 0 Å². The Hall–Kier alpha value is -3.28. The number of likely N-dealkylation sites (N-methyl/N-ethyl adjacent to an activating group) is 1. The monoisotopic (exact) mass is 354 g/mol. The van der Waals surface area contributed by atoms with Gasteiger partial charge in [-0.1, -0.05) is 36.4 Å². The molecule has 0 aliphatic carbocycles. The van der Waals surface area contributed by atoms with E-state index in [1.807, 2.05) is 30.3 Å². The molecule has 0 aromatic heterocycles. The molecule has 0 fully saturated rings. The Kier molecular flexibility index (Phi) is 6.79. The van der Waals surface area contributed by atoms with E-state index in [-0.39, 0.29) is 12.5 Å². The molecule has 0 saturated carbocycles. The van der Waals surface area contributed by atoms with Crippen molar-refractivity contribution in [2.24, 2.45) is 5.73 Å². The van der Waals surface area contributed by atoms with Crippen LogP contribution in [-0.4, -0.2) is 37.5 Å². The maximum Gasteiger partial charge on any atom is 0.255 e. The van der Waals surface area contributed by atoms with E-state index in [9.17, 15) is 9.59 Å². The Balaban J connectivity index is 2.02. The Bertz CT molecular complexity index is 788. The van der Waals surface area contributed by atoms with Crippen molar-refractivity contribution in [3.63, 3.8) is 0 Å². The van der Waals surface area contributed by atoms with Crippen molar-refractivity contribution in [2.75, 3.05) is 20.8 Å². The molecule has 0 saturated heterocycles. The molecular formula is C20H22N2O4. The number of methoxy groups -OCH3 is 1. The zero-order valence-corrected chi connectivity index (χ0v) is 14.8. The van der Waals surface area contributed by atoms with Gasteiger partial charge in [0.05, 0.1) is 7.11 Å². The van der Waals surface area contributed by atoms with Gasteiger partial charge in [-0.3, -0.25) is 9.59 Å². The number of benzene rings is 2. The molecule has 0 atom stereocenters. The van der Waals surface area contributed by atoms with E-state index in [2.05, 4.69) is 0 Å². The van der Waals surface area contributed by atoms with Crippen molar-refractivity contribution in [3.8, 4) is 11.5 Å². The molecule has 26 heavy (non-hydrogen) atoms. The van der Waals surface area contributed by atoms with Crippen LogP contribution >= 0.6 is 0 Å². The molecule has 6 heteroatoms. The second-order valence-electron chi connectivity index (χ2n) is 5.68. The lowest BCUT2D eigenvalue weighted by Gasteiger charge is -2.15. The summed E-state index contributed by atoms with van der Waals surface area (Å²) < 4.78 is 10.5. The SMILES string of the molecule is COc1cc(/C=C/C(=O)N(C)Cc2ccccc2)ccc1OCC(N)=O. The minimum atomic E-state index is -0.567. The van der Waals surface area contributed by atoms with Gasteiger partial charge in [-0.25, -0.2) is 0 Å². The van der Waals surface area contributed by atoms with Gasteiger partial charge in [0.15, 0.2) is 18.1 Å². The number of hydrogen-bond donors (Lipinski definition) is 1. The van der Waals surface area contributed by atoms with Crippen molar-refractivity contribution in [1.29, 1.82) is 0 Å². The molecule has 0 radical (unpaired) electrons. The topological polar surface area (TPSA) is 81.9 Å². The molecule has 2 aromatic carbocycles. The number of amides is 2. The summed E-state index contributed by atoms with van der Waals surface area (Å²) in [4.78, 5) is 24.7. The van der Waals surface area contributed by atoms with E-state index >= 15 is 0 Å². The van der Waals surface area contributed by atoms with E-state index in [1.165, 1.54) is 13.2 Å². The first-order chi connectivity index (χ1) is 12.5. The van der Waals surface area contributed by atoms with E-state index in [4.69, 9.17) is 15.2 Å². The summed E-state index contributed by atoms with van der Waals surface area (Å²) in [5, 5.41) is 0. The van der Waals surface area contributed by atoms with Gasteiger partial charge in [-0.05, 0) is 29.3 Å². The molecule has 2 N–H and O–H groups in total. The zero-order chi connectivity index (χ0) is 18.9. The van der Waals surface area contributed by atoms with Gasteiger partial charge < -0.3 is 20.1 Å². The minimum Gasteiger partial charge on any atom is -0.493 e. The first-order valence-corrected chi connectivity index (χ1v) is 8.06. The van der Waals surface area contributed by atoms with Crippen LogP contribution in [0.3, 0.4) is 0 Å². The fourth-order valence-electron chi connectivity index (χ4n) is 2.29. The summed E-state index contributed by atoms with van der Waals surface area (Å²) in [5.41, 5.74) is 6.91. The van der Waals surface area contributed by atoms with Gasteiger partial charge in [-0.15, -0.1) is 0 Å². The molecule has 0 aliphatic heterocycles. The van der Waals surface area contributed by atoms with Crippen LogP contribution in [-0.2, 0) is 16.1 Å². The summed E-state index contributed by atoms with van der Waals surface area (Å²) in [6.07, 6.45) is 3.20. The van der Waals surface area contributed by atoms with Gasteiger partial charge >= 0.3 is 0 Å². The predicted molar refractivity (Wildman–Crippen MR) is 99.6 cm³/mol. The third-order valence-corrected chi connectivity index (χ3v) is 3.61. The fourth-order valence-corrected chi connectivity index (χ4v) is 2.29. The number of primary amides is 1. The van der Waals surface area contributed by atoms with Gasteiger partial charge in [0.2, 0.25) is 5.91 Å². The lowest BCUT2D eigenvalue weighted by Crippen LogP contribution is -2.24. The second kappa shape index (κ2) is 9.27. The number of carbonyl (C=O) groups is 2. The van der Waals surface area contributed by atoms with Crippen LogP contribution < -0.4 is 15.2 Å². The van der Waals surface area contributed by atoms with Crippen molar-refractivity contribution in [1.82, 2.24) is 4.90 Å². The zero-order valence-electron chi connectivity index (χ0n) is 14.8. The third-order valence-electron chi connectivity index (χ3n) is 3.61. The highest BCUT2D eigenvalue weighted by molar-refractivity contribution is 5.91. The average Bonchev–Trinajstić information content (AvgIpc) is 2.65. The normalized spacial score (nSPS) is 10.5. The maximum absolute atomic E-state index is 12.3. The Morgan fingerprint density at radius 1 is 1.12 bits per heavy atom. The highest BCUT2D eigenvalue weighted by Crippen LogP contribution is 2.28. The smallest absolute Gasteiger partial charge is 0.255 e. The van der Waals surface area contributed by atoms with E-state index in [1.54, 1.807) is 36.2 Å². The van der Waals surface area contributed by atoms with Crippen LogP contribution in [0.2, 0.25) is 0 Å². The number of rotatable bonds is 8. The lowest BCUT2D eigenvalue weighted by molar-refractivity contribution is -0.125. The molecule has 0 aliphatic rings. The number of nitrogens with zero attached hydrogens (tertiary/aromatic N) is 1. The molecule has 6 nitrogen and oxygen atoms in total. The molecule has 2 rings (SSSR count). The summed E-state index contributed by atoms with van der Waals surface area (Å²) in [5.74, 6) is 0.194. The number of carbonyl (C=O) groups excluding carboxylic acids is 2. The van der Waals surface area contributed by atoms with Crippen LogP contribution in [0.1, 0.15) is 11.1 Å². The Labute approximate surface area is 152 Å². The highest BCUT2D eigenvalue weighted by Gasteiger charge is 2.08. The summed E-state index contributed by atoms with van der Waals surface area (Å²) >= 11 is 0. The van der Waals surface area contributed by atoms with Gasteiger partial charge in [0.1, 0.15) is 0 Å². The number of nitrogens with two attached hydrogens (primary N) is 1. The van der Waals surface area contributed by atoms with Crippen LogP contribution in [0, 0.1) is 0 Å².